The van der Waals surface area contributed by atoms with Crippen LogP contribution in [0.3, 0.4) is 0 Å². The Balaban J connectivity index is 1.97. The molecule has 0 fully saturated rings. The molecule has 0 aromatic carbocycles. The van der Waals surface area contributed by atoms with Gasteiger partial charge in [-0.05, 0) is 19.1 Å². The summed E-state index contributed by atoms with van der Waals surface area (Å²) in [5.74, 6) is 1.29. The molecule has 0 aliphatic carbocycles. The van der Waals surface area contributed by atoms with Crippen molar-refractivity contribution in [2.75, 3.05) is 5.32 Å². The van der Waals surface area contributed by atoms with Crippen LogP contribution in [0.15, 0.2) is 28.9 Å². The average molecular weight is 253 g/mol. The van der Waals surface area contributed by atoms with E-state index in [0.29, 0.717) is 11.6 Å². The second-order valence-corrected chi connectivity index (χ2v) is 4.47. The van der Waals surface area contributed by atoms with E-state index >= 15 is 0 Å². The van der Waals surface area contributed by atoms with Gasteiger partial charge in [0.25, 0.3) is 6.43 Å². The predicted octanol–water partition coefficient (Wildman–Crippen LogP) is 3.15. The fourth-order valence-corrected chi connectivity index (χ4v) is 2.34. The number of nitrogens with zero attached hydrogens (tertiary/aromatic N) is 2. The number of fused-ring (bicyclic) bond motifs is 1. The summed E-state index contributed by atoms with van der Waals surface area (Å²) in [4.78, 5) is 0. The number of hydrogen-bond acceptors (Lipinski definition) is 3. The Hall–Kier alpha value is -1.85. The van der Waals surface area contributed by atoms with Gasteiger partial charge in [-0.15, -0.1) is 0 Å². The molecule has 2 atom stereocenters. The first-order valence-corrected chi connectivity index (χ1v) is 5.79. The van der Waals surface area contributed by atoms with Crippen molar-refractivity contribution in [3.05, 3.63) is 35.9 Å². The zero-order valence-corrected chi connectivity index (χ0v) is 9.81. The van der Waals surface area contributed by atoms with Gasteiger partial charge in [0.15, 0.2) is 0 Å². The Kier molecular flexibility index (Phi) is 2.57. The van der Waals surface area contributed by atoms with Gasteiger partial charge in [-0.1, -0.05) is 0 Å². The zero-order chi connectivity index (χ0) is 12.7. The van der Waals surface area contributed by atoms with Crippen molar-refractivity contribution in [1.29, 1.82) is 0 Å². The molecular formula is C12H13F2N3O. The van der Waals surface area contributed by atoms with E-state index in [9.17, 15) is 8.78 Å². The fourth-order valence-electron chi connectivity index (χ4n) is 2.34. The number of nitrogens with one attached hydrogen (secondary N) is 1. The van der Waals surface area contributed by atoms with Crippen LogP contribution < -0.4 is 5.32 Å². The maximum absolute atomic E-state index is 13.1. The average Bonchev–Trinajstić information content (AvgIpc) is 2.93. The van der Waals surface area contributed by atoms with Crippen molar-refractivity contribution in [3.8, 4) is 0 Å². The van der Waals surface area contributed by atoms with Gasteiger partial charge < -0.3 is 9.73 Å². The summed E-state index contributed by atoms with van der Waals surface area (Å²) in [5.41, 5.74) is 0.725. The van der Waals surface area contributed by atoms with Gasteiger partial charge in [-0.3, -0.25) is 0 Å². The van der Waals surface area contributed by atoms with Crippen LogP contribution >= 0.6 is 0 Å². The molecule has 0 unspecified atom stereocenters. The smallest absolute Gasteiger partial charge is 0.260 e. The summed E-state index contributed by atoms with van der Waals surface area (Å²) in [6.07, 6.45) is -0.632. The number of furan rings is 1. The SMILES string of the molecule is Cc1cc2n(n1)[C@@H](C(F)F)C[C@@H](c1ccco1)N2. The Morgan fingerprint density at radius 2 is 2.39 bits per heavy atom. The van der Waals surface area contributed by atoms with E-state index in [1.807, 2.05) is 0 Å². The molecule has 3 heterocycles. The molecule has 0 amide bonds. The molecule has 4 nitrogen and oxygen atoms in total. The van der Waals surface area contributed by atoms with Crippen molar-refractivity contribution in [1.82, 2.24) is 9.78 Å². The number of rotatable bonds is 2. The van der Waals surface area contributed by atoms with E-state index in [-0.39, 0.29) is 12.5 Å². The van der Waals surface area contributed by atoms with Crippen molar-refractivity contribution < 1.29 is 13.2 Å². The van der Waals surface area contributed by atoms with Crippen LogP contribution in [0.5, 0.6) is 0 Å². The lowest BCUT2D eigenvalue weighted by atomic mass is 10.0. The van der Waals surface area contributed by atoms with Crippen LogP contribution in [-0.4, -0.2) is 16.2 Å². The van der Waals surface area contributed by atoms with Crippen LogP contribution in [0.4, 0.5) is 14.6 Å². The second kappa shape index (κ2) is 4.12. The highest BCUT2D eigenvalue weighted by Gasteiger charge is 2.35. The molecular weight excluding hydrogens is 240 g/mol. The Labute approximate surface area is 103 Å². The minimum absolute atomic E-state index is 0.234. The van der Waals surface area contributed by atoms with Crippen molar-refractivity contribution in [2.24, 2.45) is 0 Å². The monoisotopic (exact) mass is 253 g/mol. The van der Waals surface area contributed by atoms with Crippen LogP contribution in [0, 0.1) is 6.92 Å². The number of aromatic nitrogens is 2. The summed E-state index contributed by atoms with van der Waals surface area (Å²) >= 11 is 0. The van der Waals surface area contributed by atoms with Gasteiger partial charge in [0.1, 0.15) is 17.6 Å². The highest BCUT2D eigenvalue weighted by Crippen LogP contribution is 2.38. The maximum Gasteiger partial charge on any atom is 0.260 e. The number of halogens is 2. The lowest BCUT2D eigenvalue weighted by molar-refractivity contribution is 0.0644. The standard InChI is InChI=1S/C12H13F2N3O/c1-7-5-11-15-8(10-3-2-4-18-10)6-9(12(13)14)17(11)16-7/h2-5,8-9,12,15H,6H2,1H3/t8-,9+/m0/s1. The number of hydrogen-bond donors (Lipinski definition) is 1. The Bertz CT molecular complexity index is 536. The minimum Gasteiger partial charge on any atom is -0.467 e. The molecule has 0 bridgehead atoms. The molecule has 0 radical (unpaired) electrons. The van der Waals surface area contributed by atoms with Crippen LogP contribution in [-0.2, 0) is 0 Å². The highest BCUT2D eigenvalue weighted by atomic mass is 19.3. The van der Waals surface area contributed by atoms with Gasteiger partial charge in [0, 0.05) is 12.5 Å². The normalized spacial score (nSPS) is 22.9. The molecule has 1 aliphatic heterocycles. The van der Waals surface area contributed by atoms with Gasteiger partial charge in [0.05, 0.1) is 18.0 Å². The lowest BCUT2D eigenvalue weighted by Gasteiger charge is -2.30. The Morgan fingerprint density at radius 3 is 3.06 bits per heavy atom. The summed E-state index contributed by atoms with van der Waals surface area (Å²) in [5, 5.41) is 7.29. The van der Waals surface area contributed by atoms with Gasteiger partial charge in [-0.2, -0.15) is 5.10 Å². The molecule has 2 aromatic rings. The van der Waals surface area contributed by atoms with Crippen LogP contribution in [0.25, 0.3) is 0 Å². The second-order valence-electron chi connectivity index (χ2n) is 4.47. The largest absolute Gasteiger partial charge is 0.467 e. The summed E-state index contributed by atoms with van der Waals surface area (Å²) in [6, 6.07) is 4.17. The third kappa shape index (κ3) is 1.77. The van der Waals surface area contributed by atoms with E-state index in [0.717, 1.165) is 5.69 Å². The molecule has 0 saturated heterocycles. The third-order valence-electron chi connectivity index (χ3n) is 3.15. The molecule has 0 saturated carbocycles. The molecule has 3 rings (SSSR count). The Morgan fingerprint density at radius 1 is 1.56 bits per heavy atom. The molecule has 1 aliphatic rings. The summed E-state index contributed by atoms with van der Waals surface area (Å²) in [7, 11) is 0. The van der Waals surface area contributed by atoms with Crippen LogP contribution in [0.1, 0.15) is 30.0 Å². The third-order valence-corrected chi connectivity index (χ3v) is 3.15. The van der Waals surface area contributed by atoms with Gasteiger partial charge >= 0.3 is 0 Å². The molecule has 1 N–H and O–H groups in total. The van der Waals surface area contributed by atoms with Crippen molar-refractivity contribution in [2.45, 2.75) is 31.9 Å². The predicted molar refractivity (Wildman–Crippen MR) is 61.7 cm³/mol. The maximum atomic E-state index is 13.1. The summed E-state index contributed by atoms with van der Waals surface area (Å²) < 4.78 is 32.9. The molecule has 2 aromatic heterocycles. The van der Waals surface area contributed by atoms with E-state index in [1.54, 1.807) is 31.4 Å². The highest BCUT2D eigenvalue weighted by molar-refractivity contribution is 5.42. The minimum atomic E-state index is -2.44. The lowest BCUT2D eigenvalue weighted by Crippen LogP contribution is -2.30. The van der Waals surface area contributed by atoms with Gasteiger partial charge in [-0.25, -0.2) is 13.5 Å². The first-order valence-electron chi connectivity index (χ1n) is 5.79. The van der Waals surface area contributed by atoms with Crippen molar-refractivity contribution >= 4 is 5.82 Å². The molecule has 96 valence electrons. The number of aryl methyl sites for hydroxylation is 1. The first-order chi connectivity index (χ1) is 8.65. The first kappa shape index (κ1) is 11.3. The van der Waals surface area contributed by atoms with Crippen LogP contribution in [0.2, 0.25) is 0 Å². The number of alkyl halides is 2. The fraction of sp³-hybridized carbons (Fsp3) is 0.417. The van der Waals surface area contributed by atoms with E-state index in [2.05, 4.69) is 10.4 Å². The summed E-state index contributed by atoms with van der Waals surface area (Å²) in [6.45, 7) is 1.79. The molecule has 0 spiro atoms. The van der Waals surface area contributed by atoms with E-state index < -0.39 is 12.5 Å². The van der Waals surface area contributed by atoms with Gasteiger partial charge in [0.2, 0.25) is 0 Å². The van der Waals surface area contributed by atoms with E-state index in [1.165, 1.54) is 4.68 Å². The quantitative estimate of drug-likeness (QED) is 0.894. The topological polar surface area (TPSA) is 43.0 Å². The molecule has 18 heavy (non-hydrogen) atoms. The number of anilines is 1. The van der Waals surface area contributed by atoms with Crippen molar-refractivity contribution in [3.63, 3.8) is 0 Å². The van der Waals surface area contributed by atoms with E-state index in [4.69, 9.17) is 4.42 Å². The zero-order valence-electron chi connectivity index (χ0n) is 9.81. The molecule has 6 heteroatoms.